The minimum absolute atomic E-state index is 0.0657. The van der Waals surface area contributed by atoms with Crippen LogP contribution in [-0.4, -0.2) is 39.6 Å². The minimum atomic E-state index is -0.295. The number of benzene rings is 1. The van der Waals surface area contributed by atoms with Crippen LogP contribution in [-0.2, 0) is 11.3 Å². The van der Waals surface area contributed by atoms with Gasteiger partial charge in [0.1, 0.15) is 5.75 Å². The SMILES string of the molecule is C=CCNC(=O)C(C)Sc1nnc(-c2ccc(OC)cc2)n1CC=C. The van der Waals surface area contributed by atoms with Crippen molar-refractivity contribution < 1.29 is 9.53 Å². The largest absolute Gasteiger partial charge is 0.497 e. The second kappa shape index (κ2) is 9.08. The second-order valence-electron chi connectivity index (χ2n) is 5.23. The van der Waals surface area contributed by atoms with Crippen molar-refractivity contribution in [3.05, 3.63) is 49.6 Å². The average molecular weight is 358 g/mol. The van der Waals surface area contributed by atoms with Crippen LogP contribution in [0.5, 0.6) is 5.75 Å². The van der Waals surface area contributed by atoms with E-state index in [1.165, 1.54) is 11.8 Å². The van der Waals surface area contributed by atoms with Gasteiger partial charge in [0.15, 0.2) is 11.0 Å². The van der Waals surface area contributed by atoms with Gasteiger partial charge in [-0.25, -0.2) is 0 Å². The second-order valence-corrected chi connectivity index (χ2v) is 6.54. The lowest BCUT2D eigenvalue weighted by atomic mass is 10.2. The summed E-state index contributed by atoms with van der Waals surface area (Å²) in [6.45, 7) is 10.2. The van der Waals surface area contributed by atoms with Crippen LogP contribution < -0.4 is 10.1 Å². The van der Waals surface area contributed by atoms with Gasteiger partial charge in [-0.15, -0.1) is 23.4 Å². The molecule has 0 aliphatic carbocycles. The van der Waals surface area contributed by atoms with E-state index in [0.29, 0.717) is 18.2 Å². The van der Waals surface area contributed by atoms with Gasteiger partial charge in [0, 0.05) is 18.7 Å². The minimum Gasteiger partial charge on any atom is -0.497 e. The number of hydrogen-bond donors (Lipinski definition) is 1. The highest BCUT2D eigenvalue weighted by molar-refractivity contribution is 8.00. The van der Waals surface area contributed by atoms with Gasteiger partial charge in [-0.3, -0.25) is 9.36 Å². The molecule has 0 spiro atoms. The normalized spacial score (nSPS) is 11.6. The molecule has 2 aromatic rings. The number of hydrogen-bond acceptors (Lipinski definition) is 5. The van der Waals surface area contributed by atoms with E-state index < -0.39 is 0 Å². The van der Waals surface area contributed by atoms with E-state index in [4.69, 9.17) is 4.74 Å². The maximum atomic E-state index is 12.1. The molecule has 132 valence electrons. The molecule has 0 fully saturated rings. The Labute approximate surface area is 152 Å². The number of nitrogens with zero attached hydrogens (tertiary/aromatic N) is 3. The molecule has 1 aromatic heterocycles. The molecule has 1 atom stereocenters. The van der Waals surface area contributed by atoms with Crippen LogP contribution in [0.1, 0.15) is 6.92 Å². The number of ether oxygens (including phenoxy) is 1. The molecule has 6 nitrogen and oxygen atoms in total. The molecule has 7 heteroatoms. The lowest BCUT2D eigenvalue weighted by Gasteiger charge is -2.12. The van der Waals surface area contributed by atoms with Crippen molar-refractivity contribution >= 4 is 17.7 Å². The average Bonchev–Trinajstić information content (AvgIpc) is 3.02. The highest BCUT2D eigenvalue weighted by Crippen LogP contribution is 2.27. The molecule has 2 rings (SSSR count). The molecule has 1 aromatic carbocycles. The molecule has 0 aliphatic rings. The van der Waals surface area contributed by atoms with Gasteiger partial charge in [-0.05, 0) is 31.2 Å². The number of aromatic nitrogens is 3. The molecule has 0 saturated heterocycles. The fourth-order valence-corrected chi connectivity index (χ4v) is 3.03. The zero-order valence-electron chi connectivity index (χ0n) is 14.4. The van der Waals surface area contributed by atoms with Crippen LogP contribution >= 0.6 is 11.8 Å². The summed E-state index contributed by atoms with van der Waals surface area (Å²) in [5.41, 5.74) is 0.922. The molecule has 0 bridgehead atoms. The lowest BCUT2D eigenvalue weighted by molar-refractivity contribution is -0.120. The standard InChI is InChI=1S/C18H22N4O2S/c1-5-11-19-17(23)13(3)25-18-21-20-16(22(18)12-6-2)14-7-9-15(24-4)10-8-14/h5-10,13H,1-2,11-12H2,3-4H3,(H,19,23). The van der Waals surface area contributed by atoms with Gasteiger partial charge in [-0.1, -0.05) is 23.9 Å². The van der Waals surface area contributed by atoms with Crippen molar-refractivity contribution in [3.63, 3.8) is 0 Å². The van der Waals surface area contributed by atoms with Gasteiger partial charge in [0.25, 0.3) is 0 Å². The first kappa shape index (κ1) is 18.8. The van der Waals surface area contributed by atoms with Gasteiger partial charge >= 0.3 is 0 Å². The summed E-state index contributed by atoms with van der Waals surface area (Å²) >= 11 is 1.36. The molecule has 0 radical (unpaired) electrons. The van der Waals surface area contributed by atoms with Gasteiger partial charge in [0.05, 0.1) is 12.4 Å². The van der Waals surface area contributed by atoms with Crippen LogP contribution in [0.15, 0.2) is 54.7 Å². The zero-order chi connectivity index (χ0) is 18.2. The van der Waals surface area contributed by atoms with E-state index in [0.717, 1.165) is 17.1 Å². The van der Waals surface area contributed by atoms with E-state index in [9.17, 15) is 4.79 Å². The highest BCUT2D eigenvalue weighted by Gasteiger charge is 2.20. The summed E-state index contributed by atoms with van der Waals surface area (Å²) in [7, 11) is 1.63. The summed E-state index contributed by atoms with van der Waals surface area (Å²) in [5.74, 6) is 1.44. The van der Waals surface area contributed by atoms with Gasteiger partial charge in [-0.2, -0.15) is 0 Å². The van der Waals surface area contributed by atoms with Crippen molar-refractivity contribution in [3.8, 4) is 17.1 Å². The van der Waals surface area contributed by atoms with Crippen LogP contribution in [0.2, 0.25) is 0 Å². The summed E-state index contributed by atoms with van der Waals surface area (Å²) < 4.78 is 7.13. The number of allylic oxidation sites excluding steroid dienone is 1. The Morgan fingerprint density at radius 3 is 2.64 bits per heavy atom. The van der Waals surface area contributed by atoms with E-state index in [-0.39, 0.29) is 11.2 Å². The molecular weight excluding hydrogens is 336 g/mol. The number of nitrogens with one attached hydrogen (secondary N) is 1. The molecule has 1 amide bonds. The summed E-state index contributed by atoms with van der Waals surface area (Å²) in [5, 5.41) is 11.7. The van der Waals surface area contributed by atoms with E-state index in [2.05, 4.69) is 28.7 Å². The monoisotopic (exact) mass is 358 g/mol. The van der Waals surface area contributed by atoms with Crippen LogP contribution in [0.3, 0.4) is 0 Å². The Bertz CT molecular complexity index is 740. The molecule has 1 heterocycles. The molecule has 1 unspecified atom stereocenters. The first-order valence-electron chi connectivity index (χ1n) is 7.84. The topological polar surface area (TPSA) is 69.0 Å². The number of carbonyl (C=O) groups excluding carboxylic acids is 1. The molecule has 0 aliphatic heterocycles. The van der Waals surface area contributed by atoms with E-state index in [1.54, 1.807) is 19.3 Å². The van der Waals surface area contributed by atoms with Crippen molar-refractivity contribution in [2.45, 2.75) is 23.9 Å². The summed E-state index contributed by atoms with van der Waals surface area (Å²) in [6, 6.07) is 7.61. The first-order chi connectivity index (χ1) is 12.1. The fraction of sp³-hybridized carbons (Fsp3) is 0.278. The lowest BCUT2D eigenvalue weighted by Crippen LogP contribution is -2.31. The fourth-order valence-electron chi connectivity index (χ4n) is 2.15. The van der Waals surface area contributed by atoms with E-state index >= 15 is 0 Å². The van der Waals surface area contributed by atoms with Crippen molar-refractivity contribution in [1.82, 2.24) is 20.1 Å². The number of amides is 1. The van der Waals surface area contributed by atoms with Gasteiger partial charge < -0.3 is 10.1 Å². The maximum absolute atomic E-state index is 12.1. The maximum Gasteiger partial charge on any atom is 0.233 e. The quantitative estimate of drug-likeness (QED) is 0.551. The smallest absolute Gasteiger partial charge is 0.233 e. The number of thioether (sulfide) groups is 1. The van der Waals surface area contributed by atoms with Crippen molar-refractivity contribution in [2.24, 2.45) is 0 Å². The summed E-state index contributed by atoms with van der Waals surface area (Å²) in [4.78, 5) is 12.1. The van der Waals surface area contributed by atoms with Crippen LogP contribution in [0.25, 0.3) is 11.4 Å². The van der Waals surface area contributed by atoms with Crippen LogP contribution in [0.4, 0.5) is 0 Å². The Hall–Kier alpha value is -2.54. The third-order valence-corrected chi connectivity index (χ3v) is 4.53. The number of methoxy groups -OCH3 is 1. The van der Waals surface area contributed by atoms with Gasteiger partial charge in [0.2, 0.25) is 5.91 Å². The first-order valence-corrected chi connectivity index (χ1v) is 8.72. The Balaban J connectivity index is 2.24. The van der Waals surface area contributed by atoms with E-state index in [1.807, 2.05) is 35.8 Å². The Kier molecular flexibility index (Phi) is 6.82. The Morgan fingerprint density at radius 1 is 1.32 bits per heavy atom. The number of rotatable bonds is 9. The zero-order valence-corrected chi connectivity index (χ0v) is 15.3. The molecular formula is C18H22N4O2S. The summed E-state index contributed by atoms with van der Waals surface area (Å²) in [6.07, 6.45) is 3.43. The van der Waals surface area contributed by atoms with Crippen molar-refractivity contribution in [2.75, 3.05) is 13.7 Å². The Morgan fingerprint density at radius 2 is 2.04 bits per heavy atom. The molecule has 0 saturated carbocycles. The highest BCUT2D eigenvalue weighted by atomic mass is 32.2. The molecule has 1 N–H and O–H groups in total. The molecule has 25 heavy (non-hydrogen) atoms. The number of carbonyl (C=O) groups is 1. The predicted molar refractivity (Wildman–Crippen MR) is 101 cm³/mol. The third kappa shape index (κ3) is 4.73. The van der Waals surface area contributed by atoms with Crippen molar-refractivity contribution in [1.29, 1.82) is 0 Å². The third-order valence-electron chi connectivity index (χ3n) is 3.45. The van der Waals surface area contributed by atoms with Crippen LogP contribution in [0, 0.1) is 0 Å². The predicted octanol–water partition coefficient (Wildman–Crippen LogP) is 2.92.